The van der Waals surface area contributed by atoms with Crippen LogP contribution in [0.5, 0.6) is 0 Å². The first-order valence-electron chi connectivity index (χ1n) is 8.33. The lowest BCUT2D eigenvalue weighted by atomic mass is 10.1. The van der Waals surface area contributed by atoms with Crippen molar-refractivity contribution in [3.05, 3.63) is 41.9 Å². The first-order valence-corrected chi connectivity index (χ1v) is 8.33. The van der Waals surface area contributed by atoms with Crippen LogP contribution in [0.15, 0.2) is 30.6 Å². The van der Waals surface area contributed by atoms with Crippen molar-refractivity contribution in [3.63, 3.8) is 0 Å². The average molecular weight is 311 g/mol. The SMILES string of the molecule is O=C(NCC1CCCN1c1cccnn1)c1cc[nH]c1C1CC1. The highest BCUT2D eigenvalue weighted by Gasteiger charge is 2.30. The molecule has 4 rings (SSSR count). The van der Waals surface area contributed by atoms with Crippen LogP contribution < -0.4 is 10.2 Å². The van der Waals surface area contributed by atoms with Crippen molar-refractivity contribution < 1.29 is 4.79 Å². The first kappa shape index (κ1) is 14.2. The smallest absolute Gasteiger partial charge is 0.253 e. The van der Waals surface area contributed by atoms with Crippen LogP contribution in [0.3, 0.4) is 0 Å². The van der Waals surface area contributed by atoms with E-state index in [1.807, 2.05) is 24.4 Å². The standard InChI is InChI=1S/C17H21N5O/c23-17(14-7-9-18-16(14)12-5-6-12)19-11-13-3-2-10-22(13)15-4-1-8-20-21-15/h1,4,7-9,12-13,18H,2-3,5-6,10-11H2,(H,19,23). The van der Waals surface area contributed by atoms with Crippen LogP contribution in [0.4, 0.5) is 5.82 Å². The van der Waals surface area contributed by atoms with Gasteiger partial charge in [-0.3, -0.25) is 4.79 Å². The van der Waals surface area contributed by atoms with Gasteiger partial charge >= 0.3 is 0 Å². The predicted molar refractivity (Wildman–Crippen MR) is 87.5 cm³/mol. The van der Waals surface area contributed by atoms with E-state index in [0.717, 1.165) is 36.5 Å². The van der Waals surface area contributed by atoms with Crippen molar-refractivity contribution in [2.24, 2.45) is 0 Å². The third-order valence-corrected chi connectivity index (χ3v) is 4.74. The molecule has 2 aliphatic rings. The molecular weight excluding hydrogens is 290 g/mol. The number of hydrogen-bond acceptors (Lipinski definition) is 4. The number of anilines is 1. The maximum Gasteiger partial charge on any atom is 0.253 e. The van der Waals surface area contributed by atoms with Gasteiger partial charge in [0.2, 0.25) is 0 Å². The highest BCUT2D eigenvalue weighted by molar-refractivity contribution is 5.95. The zero-order valence-electron chi connectivity index (χ0n) is 13.0. The third-order valence-electron chi connectivity index (χ3n) is 4.74. The Balaban J connectivity index is 1.40. The molecule has 1 aliphatic carbocycles. The van der Waals surface area contributed by atoms with Crippen LogP contribution in [0.2, 0.25) is 0 Å². The minimum absolute atomic E-state index is 0.0270. The molecule has 2 fully saturated rings. The molecule has 1 amide bonds. The Hall–Kier alpha value is -2.37. The summed E-state index contributed by atoms with van der Waals surface area (Å²) < 4.78 is 0. The molecule has 1 atom stereocenters. The van der Waals surface area contributed by atoms with Crippen LogP contribution in [-0.4, -0.2) is 40.2 Å². The zero-order chi connectivity index (χ0) is 15.6. The molecule has 23 heavy (non-hydrogen) atoms. The second kappa shape index (κ2) is 6.02. The van der Waals surface area contributed by atoms with Crippen molar-refractivity contribution in [1.29, 1.82) is 0 Å². The van der Waals surface area contributed by atoms with Gasteiger partial charge in [0.15, 0.2) is 5.82 Å². The summed E-state index contributed by atoms with van der Waals surface area (Å²) in [4.78, 5) is 17.9. The van der Waals surface area contributed by atoms with Crippen LogP contribution in [0.25, 0.3) is 0 Å². The van der Waals surface area contributed by atoms with E-state index in [-0.39, 0.29) is 5.91 Å². The molecule has 2 N–H and O–H groups in total. The summed E-state index contributed by atoms with van der Waals surface area (Å²) in [7, 11) is 0. The average Bonchev–Trinajstić information content (AvgIpc) is 3.13. The van der Waals surface area contributed by atoms with Crippen molar-refractivity contribution >= 4 is 11.7 Å². The molecule has 1 aliphatic heterocycles. The highest BCUT2D eigenvalue weighted by atomic mass is 16.1. The molecular formula is C17H21N5O. The summed E-state index contributed by atoms with van der Waals surface area (Å²) in [6.45, 7) is 1.61. The van der Waals surface area contributed by atoms with Crippen molar-refractivity contribution in [1.82, 2.24) is 20.5 Å². The topological polar surface area (TPSA) is 73.9 Å². The van der Waals surface area contributed by atoms with E-state index in [2.05, 4.69) is 25.4 Å². The normalized spacial score (nSPS) is 20.7. The highest BCUT2D eigenvalue weighted by Crippen LogP contribution is 2.40. The van der Waals surface area contributed by atoms with Gasteiger partial charge in [0.05, 0.1) is 5.56 Å². The van der Waals surface area contributed by atoms with Gasteiger partial charge in [-0.25, -0.2) is 0 Å². The van der Waals surface area contributed by atoms with Crippen LogP contribution in [0, 0.1) is 0 Å². The number of nitrogens with zero attached hydrogens (tertiary/aromatic N) is 3. The molecule has 0 bridgehead atoms. The van der Waals surface area contributed by atoms with Gasteiger partial charge in [-0.1, -0.05) is 0 Å². The lowest BCUT2D eigenvalue weighted by Crippen LogP contribution is -2.40. The van der Waals surface area contributed by atoms with Gasteiger partial charge in [-0.05, 0) is 49.8 Å². The molecule has 6 heteroatoms. The number of rotatable bonds is 5. The number of nitrogens with one attached hydrogen (secondary N) is 2. The molecule has 1 unspecified atom stereocenters. The molecule has 2 aromatic rings. The molecule has 1 saturated heterocycles. The Morgan fingerprint density at radius 3 is 3.04 bits per heavy atom. The van der Waals surface area contributed by atoms with E-state index in [1.54, 1.807) is 6.20 Å². The second-order valence-corrected chi connectivity index (χ2v) is 6.36. The van der Waals surface area contributed by atoms with E-state index in [4.69, 9.17) is 0 Å². The lowest BCUT2D eigenvalue weighted by Gasteiger charge is -2.25. The fourth-order valence-electron chi connectivity index (χ4n) is 3.39. The van der Waals surface area contributed by atoms with Gasteiger partial charge in [0.1, 0.15) is 0 Å². The number of carbonyl (C=O) groups excluding carboxylic acids is 1. The molecule has 0 radical (unpaired) electrons. The van der Waals surface area contributed by atoms with Gasteiger partial charge in [-0.15, -0.1) is 5.10 Å². The third kappa shape index (κ3) is 2.93. The Bertz CT molecular complexity index is 679. The fourth-order valence-corrected chi connectivity index (χ4v) is 3.39. The van der Waals surface area contributed by atoms with E-state index >= 15 is 0 Å². The molecule has 0 aromatic carbocycles. The predicted octanol–water partition coefficient (Wildman–Crippen LogP) is 2.08. The maximum atomic E-state index is 12.5. The molecule has 2 aromatic heterocycles. The Kier molecular flexibility index (Phi) is 3.73. The van der Waals surface area contributed by atoms with E-state index < -0.39 is 0 Å². The van der Waals surface area contributed by atoms with Crippen molar-refractivity contribution in [2.75, 3.05) is 18.0 Å². The monoisotopic (exact) mass is 311 g/mol. The number of aromatic amines is 1. The first-order chi connectivity index (χ1) is 11.3. The van der Waals surface area contributed by atoms with Crippen molar-refractivity contribution in [3.8, 4) is 0 Å². The zero-order valence-corrected chi connectivity index (χ0v) is 13.0. The summed E-state index contributed by atoms with van der Waals surface area (Å²) in [6.07, 6.45) is 8.10. The summed E-state index contributed by atoms with van der Waals surface area (Å²) in [5, 5.41) is 11.2. The quantitative estimate of drug-likeness (QED) is 0.886. The molecule has 120 valence electrons. The lowest BCUT2D eigenvalue weighted by molar-refractivity contribution is 0.0950. The summed E-state index contributed by atoms with van der Waals surface area (Å²) in [6, 6.07) is 6.06. The number of hydrogen-bond donors (Lipinski definition) is 2. The Morgan fingerprint density at radius 1 is 1.35 bits per heavy atom. The van der Waals surface area contributed by atoms with Gasteiger partial charge < -0.3 is 15.2 Å². The fraction of sp³-hybridized carbons (Fsp3) is 0.471. The number of carbonyl (C=O) groups is 1. The van der Waals surface area contributed by atoms with Gasteiger partial charge in [0, 0.05) is 37.2 Å². The summed E-state index contributed by atoms with van der Waals surface area (Å²) in [5.74, 6) is 1.47. The maximum absolute atomic E-state index is 12.5. The largest absolute Gasteiger partial charge is 0.364 e. The number of H-pyrrole nitrogens is 1. The van der Waals surface area contributed by atoms with Crippen LogP contribution >= 0.6 is 0 Å². The van der Waals surface area contributed by atoms with Crippen LogP contribution in [-0.2, 0) is 0 Å². The second-order valence-electron chi connectivity index (χ2n) is 6.36. The van der Waals surface area contributed by atoms with Gasteiger partial charge in [-0.2, -0.15) is 5.10 Å². The molecule has 3 heterocycles. The van der Waals surface area contributed by atoms with E-state index in [9.17, 15) is 4.79 Å². The number of aromatic nitrogens is 3. The Labute approximate surface area is 135 Å². The van der Waals surface area contributed by atoms with Gasteiger partial charge in [0.25, 0.3) is 5.91 Å². The summed E-state index contributed by atoms with van der Waals surface area (Å²) >= 11 is 0. The van der Waals surface area contributed by atoms with Crippen molar-refractivity contribution in [2.45, 2.75) is 37.6 Å². The van der Waals surface area contributed by atoms with E-state index in [1.165, 1.54) is 12.8 Å². The molecule has 1 saturated carbocycles. The molecule has 6 nitrogen and oxygen atoms in total. The van der Waals surface area contributed by atoms with E-state index in [0.29, 0.717) is 18.5 Å². The van der Waals surface area contributed by atoms with Crippen LogP contribution in [0.1, 0.15) is 47.7 Å². The Morgan fingerprint density at radius 2 is 2.26 bits per heavy atom. The minimum Gasteiger partial charge on any atom is -0.364 e. The molecule has 0 spiro atoms. The summed E-state index contributed by atoms with van der Waals surface area (Å²) in [5.41, 5.74) is 1.90. The minimum atomic E-state index is 0.0270. The number of amides is 1.